The van der Waals surface area contributed by atoms with E-state index in [1.807, 2.05) is 44.2 Å². The van der Waals surface area contributed by atoms with Gasteiger partial charge in [0.25, 0.3) is 0 Å². The third-order valence-electron chi connectivity index (χ3n) is 2.85. The molecule has 1 aromatic rings. The normalized spacial score (nSPS) is 20.1. The zero-order chi connectivity index (χ0) is 10.8. The molecule has 1 aromatic carbocycles. The largest absolute Gasteiger partial charge is 0.211 e. The highest BCUT2D eigenvalue weighted by Crippen LogP contribution is 2.35. The van der Waals surface area contributed by atoms with Gasteiger partial charge in [0.15, 0.2) is 0 Å². The van der Waals surface area contributed by atoms with Crippen LogP contribution in [0.25, 0.3) is 0 Å². The molecule has 1 atom stereocenters. The Morgan fingerprint density at radius 1 is 1.20 bits per heavy atom. The van der Waals surface area contributed by atoms with Gasteiger partial charge in [-0.1, -0.05) is 42.8 Å². The minimum absolute atomic E-state index is 0.0318. The van der Waals surface area contributed by atoms with Crippen molar-refractivity contribution in [3.05, 3.63) is 58.9 Å². The topological polar surface area (TPSA) is 0 Å². The van der Waals surface area contributed by atoms with Crippen LogP contribution in [-0.2, 0) is 0 Å². The van der Waals surface area contributed by atoms with Gasteiger partial charge in [0.1, 0.15) is 5.83 Å². The second-order valence-corrected chi connectivity index (χ2v) is 4.01. The average molecular weight is 202 g/mol. The van der Waals surface area contributed by atoms with E-state index >= 15 is 0 Å². The smallest absolute Gasteiger partial charge is 0.111 e. The predicted molar refractivity (Wildman–Crippen MR) is 61.5 cm³/mol. The van der Waals surface area contributed by atoms with Crippen molar-refractivity contribution in [3.63, 3.8) is 0 Å². The maximum absolute atomic E-state index is 13.6. The van der Waals surface area contributed by atoms with Crippen molar-refractivity contribution in [2.24, 2.45) is 0 Å². The molecule has 1 aliphatic rings. The molecule has 1 aliphatic carbocycles. The Balaban J connectivity index is 2.30. The quantitative estimate of drug-likeness (QED) is 0.671. The Morgan fingerprint density at radius 3 is 2.40 bits per heavy atom. The minimum Gasteiger partial charge on any atom is -0.211 e. The zero-order valence-corrected chi connectivity index (χ0v) is 9.13. The second kappa shape index (κ2) is 4.01. The van der Waals surface area contributed by atoms with Gasteiger partial charge in [-0.3, -0.25) is 0 Å². The summed E-state index contributed by atoms with van der Waals surface area (Å²) in [6.07, 6.45) is 4.57. The lowest BCUT2D eigenvalue weighted by Gasteiger charge is -2.07. The molecule has 0 saturated carbocycles. The van der Waals surface area contributed by atoms with Gasteiger partial charge in [0, 0.05) is 0 Å². The molecule has 0 amide bonds. The fourth-order valence-corrected chi connectivity index (χ4v) is 1.86. The molecule has 0 saturated heterocycles. The summed E-state index contributed by atoms with van der Waals surface area (Å²) >= 11 is 0. The Morgan fingerprint density at radius 2 is 1.87 bits per heavy atom. The van der Waals surface area contributed by atoms with Crippen LogP contribution < -0.4 is 0 Å². The van der Waals surface area contributed by atoms with Crippen molar-refractivity contribution in [1.82, 2.24) is 0 Å². The van der Waals surface area contributed by atoms with Crippen molar-refractivity contribution < 1.29 is 4.39 Å². The van der Waals surface area contributed by atoms with E-state index in [0.29, 0.717) is 0 Å². The molecule has 78 valence electrons. The van der Waals surface area contributed by atoms with Gasteiger partial charge in [-0.15, -0.1) is 0 Å². The Hall–Kier alpha value is -1.37. The van der Waals surface area contributed by atoms with E-state index < -0.39 is 0 Å². The van der Waals surface area contributed by atoms with E-state index in [1.54, 1.807) is 6.08 Å². The number of hydrogen-bond donors (Lipinski definition) is 0. The van der Waals surface area contributed by atoms with Gasteiger partial charge in [-0.05, 0) is 30.6 Å². The summed E-state index contributed by atoms with van der Waals surface area (Å²) in [6.45, 7) is 4.09. The van der Waals surface area contributed by atoms with E-state index in [9.17, 15) is 4.39 Å². The van der Waals surface area contributed by atoms with Crippen molar-refractivity contribution >= 4 is 0 Å². The molecule has 2 rings (SSSR count). The molecule has 0 aliphatic heterocycles. The molecule has 15 heavy (non-hydrogen) atoms. The minimum atomic E-state index is -0.152. The first kappa shape index (κ1) is 10.2. The van der Waals surface area contributed by atoms with Gasteiger partial charge in [0.2, 0.25) is 0 Å². The number of benzene rings is 1. The van der Waals surface area contributed by atoms with Crippen LogP contribution in [-0.4, -0.2) is 0 Å². The molecule has 0 nitrogen and oxygen atoms in total. The van der Waals surface area contributed by atoms with Gasteiger partial charge in [-0.2, -0.15) is 0 Å². The van der Waals surface area contributed by atoms with E-state index in [0.717, 1.165) is 17.6 Å². The van der Waals surface area contributed by atoms with Crippen molar-refractivity contribution in [1.29, 1.82) is 0 Å². The summed E-state index contributed by atoms with van der Waals surface area (Å²) in [5.74, 6) is -0.184. The van der Waals surface area contributed by atoms with Crippen LogP contribution in [0.1, 0.15) is 30.4 Å². The fourth-order valence-electron chi connectivity index (χ4n) is 1.86. The lowest BCUT2D eigenvalue weighted by molar-refractivity contribution is 0.592. The van der Waals surface area contributed by atoms with Gasteiger partial charge in [-0.25, -0.2) is 4.39 Å². The summed E-state index contributed by atoms with van der Waals surface area (Å²) in [4.78, 5) is 0. The molecule has 0 fully saturated rings. The SMILES string of the molecule is CCC1=C[C@H](c2ccc(C)cc2)C(F)=C1. The van der Waals surface area contributed by atoms with E-state index in [4.69, 9.17) is 0 Å². The third-order valence-corrected chi connectivity index (χ3v) is 2.85. The molecule has 0 aromatic heterocycles. The van der Waals surface area contributed by atoms with Gasteiger partial charge >= 0.3 is 0 Å². The maximum atomic E-state index is 13.6. The highest BCUT2D eigenvalue weighted by molar-refractivity contribution is 5.43. The predicted octanol–water partition coefficient (Wildman–Crippen LogP) is 4.28. The first-order valence-electron chi connectivity index (χ1n) is 5.35. The van der Waals surface area contributed by atoms with Crippen LogP contribution in [0.4, 0.5) is 4.39 Å². The number of rotatable bonds is 2. The molecule has 0 bridgehead atoms. The van der Waals surface area contributed by atoms with E-state index in [1.165, 1.54) is 5.56 Å². The standard InChI is InChI=1S/C14H15F/c1-3-11-8-13(14(15)9-11)12-6-4-10(2)5-7-12/h4-9,13H,3H2,1-2H3/t13-/m1/s1. The molecule has 0 N–H and O–H groups in total. The highest BCUT2D eigenvalue weighted by Gasteiger charge is 2.19. The van der Waals surface area contributed by atoms with Crippen LogP contribution in [0.2, 0.25) is 0 Å². The summed E-state index contributed by atoms with van der Waals surface area (Å²) < 4.78 is 13.6. The molecule has 0 unspecified atom stereocenters. The maximum Gasteiger partial charge on any atom is 0.111 e. The van der Waals surface area contributed by atoms with Gasteiger partial charge < -0.3 is 0 Å². The monoisotopic (exact) mass is 202 g/mol. The average Bonchev–Trinajstić information content (AvgIpc) is 2.61. The summed E-state index contributed by atoms with van der Waals surface area (Å²) in [7, 11) is 0. The van der Waals surface area contributed by atoms with E-state index in [2.05, 4.69) is 0 Å². The van der Waals surface area contributed by atoms with E-state index in [-0.39, 0.29) is 11.7 Å². The zero-order valence-electron chi connectivity index (χ0n) is 9.13. The Labute approximate surface area is 90.1 Å². The number of aryl methyl sites for hydroxylation is 1. The molecular formula is C14H15F. The first-order valence-corrected chi connectivity index (χ1v) is 5.35. The molecular weight excluding hydrogens is 187 g/mol. The summed E-state index contributed by atoms with van der Waals surface area (Å²) in [5, 5.41) is 0. The molecule has 1 heteroatoms. The van der Waals surface area contributed by atoms with Crippen LogP contribution in [0.3, 0.4) is 0 Å². The number of allylic oxidation sites excluding steroid dienone is 4. The van der Waals surface area contributed by atoms with Crippen molar-refractivity contribution in [2.45, 2.75) is 26.2 Å². The first-order chi connectivity index (χ1) is 7.20. The van der Waals surface area contributed by atoms with Crippen LogP contribution in [0.5, 0.6) is 0 Å². The van der Waals surface area contributed by atoms with Crippen LogP contribution in [0, 0.1) is 6.92 Å². The Bertz CT molecular complexity index is 409. The lowest BCUT2D eigenvalue weighted by atomic mass is 9.98. The van der Waals surface area contributed by atoms with Gasteiger partial charge in [0.05, 0.1) is 5.92 Å². The number of hydrogen-bond acceptors (Lipinski definition) is 0. The van der Waals surface area contributed by atoms with Crippen LogP contribution >= 0.6 is 0 Å². The molecule has 0 radical (unpaired) electrons. The summed E-state index contributed by atoms with van der Waals surface area (Å²) in [6, 6.07) is 8.06. The lowest BCUT2D eigenvalue weighted by Crippen LogP contribution is -1.92. The van der Waals surface area contributed by atoms with Crippen LogP contribution in [0.15, 0.2) is 47.8 Å². The number of halogens is 1. The van der Waals surface area contributed by atoms with Crippen molar-refractivity contribution in [3.8, 4) is 0 Å². The summed E-state index contributed by atoms with van der Waals surface area (Å²) in [5.41, 5.74) is 3.34. The second-order valence-electron chi connectivity index (χ2n) is 4.01. The molecule has 0 heterocycles. The third kappa shape index (κ3) is 2.01. The Kier molecular flexibility index (Phi) is 2.72. The highest BCUT2D eigenvalue weighted by atomic mass is 19.1. The molecule has 0 spiro atoms. The van der Waals surface area contributed by atoms with Crippen molar-refractivity contribution in [2.75, 3.05) is 0 Å². The fraction of sp³-hybridized carbons (Fsp3) is 0.286.